The molecule has 0 aliphatic heterocycles. The average Bonchev–Trinajstić information content (AvgIpc) is 2.73. The fraction of sp³-hybridized carbons (Fsp3) is 0.947. The van der Waals surface area contributed by atoms with Gasteiger partial charge in [-0.3, -0.25) is 4.79 Å². The highest BCUT2D eigenvalue weighted by atomic mass is 16.3. The molecule has 0 bridgehead atoms. The number of carbonyl (C=O) groups excluding carboxylic acids is 1. The molecule has 0 aromatic carbocycles. The Morgan fingerprint density at radius 2 is 1.65 bits per heavy atom. The predicted molar refractivity (Wildman–Crippen MR) is 85.5 cm³/mol. The molecule has 4 nitrogen and oxygen atoms in total. The number of rotatable bonds is 0. The van der Waals surface area contributed by atoms with Gasteiger partial charge in [-0.1, -0.05) is 13.8 Å². The van der Waals surface area contributed by atoms with Crippen LogP contribution in [0.25, 0.3) is 0 Å². The largest absolute Gasteiger partial charge is 0.393 e. The topological polar surface area (TPSA) is 77.8 Å². The maximum Gasteiger partial charge on any atom is 0.162 e. The third-order valence-corrected chi connectivity index (χ3v) is 8.44. The first kappa shape index (κ1) is 16.0. The first-order valence-electron chi connectivity index (χ1n) is 9.34. The minimum absolute atomic E-state index is 0.0308. The molecular formula is C19H30O4. The Morgan fingerprint density at radius 1 is 0.957 bits per heavy atom. The summed E-state index contributed by atoms with van der Waals surface area (Å²) in [4.78, 5) is 12.2. The molecule has 3 N–H and O–H groups in total. The number of carbonyl (C=O) groups is 1. The van der Waals surface area contributed by atoms with Gasteiger partial charge in [-0.2, -0.15) is 0 Å². The summed E-state index contributed by atoms with van der Waals surface area (Å²) in [5, 5.41) is 31.3. The van der Waals surface area contributed by atoms with E-state index in [1.165, 1.54) is 0 Å². The van der Waals surface area contributed by atoms with Crippen molar-refractivity contribution in [3.05, 3.63) is 0 Å². The van der Waals surface area contributed by atoms with Crippen LogP contribution in [0.3, 0.4) is 0 Å². The van der Waals surface area contributed by atoms with Crippen LogP contribution < -0.4 is 0 Å². The van der Waals surface area contributed by atoms with Crippen LogP contribution in [-0.4, -0.2) is 39.4 Å². The van der Waals surface area contributed by atoms with E-state index in [4.69, 9.17) is 0 Å². The summed E-state index contributed by atoms with van der Waals surface area (Å²) in [6.45, 7) is 4.40. The summed E-state index contributed by atoms with van der Waals surface area (Å²) in [5.74, 6) is 1.01. The summed E-state index contributed by atoms with van der Waals surface area (Å²) in [6.07, 6.45) is 4.25. The van der Waals surface area contributed by atoms with Crippen molar-refractivity contribution in [1.82, 2.24) is 0 Å². The van der Waals surface area contributed by atoms with E-state index in [-0.39, 0.29) is 34.6 Å². The van der Waals surface area contributed by atoms with Gasteiger partial charge >= 0.3 is 0 Å². The van der Waals surface area contributed by atoms with E-state index in [1.807, 2.05) is 0 Å². The fourth-order valence-electron chi connectivity index (χ4n) is 6.97. The van der Waals surface area contributed by atoms with Gasteiger partial charge in [-0.25, -0.2) is 0 Å². The van der Waals surface area contributed by atoms with Crippen molar-refractivity contribution >= 4 is 5.78 Å². The van der Waals surface area contributed by atoms with Crippen molar-refractivity contribution in [2.45, 2.75) is 77.1 Å². The molecule has 0 radical (unpaired) electrons. The third-order valence-electron chi connectivity index (χ3n) is 8.44. The van der Waals surface area contributed by atoms with Gasteiger partial charge in [0.2, 0.25) is 0 Å². The molecule has 4 heteroatoms. The molecule has 0 heterocycles. The molecule has 4 aliphatic carbocycles. The van der Waals surface area contributed by atoms with Gasteiger partial charge < -0.3 is 15.3 Å². The smallest absolute Gasteiger partial charge is 0.162 e. The molecule has 4 fully saturated rings. The minimum atomic E-state index is -0.848. The highest BCUT2D eigenvalue weighted by Gasteiger charge is 2.64. The third kappa shape index (κ3) is 2.04. The van der Waals surface area contributed by atoms with Gasteiger partial charge in [0.1, 0.15) is 6.10 Å². The van der Waals surface area contributed by atoms with Crippen molar-refractivity contribution in [3.8, 4) is 0 Å². The second-order valence-electron chi connectivity index (χ2n) is 9.34. The number of ketones is 1. The van der Waals surface area contributed by atoms with Crippen LogP contribution in [-0.2, 0) is 4.79 Å². The van der Waals surface area contributed by atoms with Crippen LogP contribution >= 0.6 is 0 Å². The van der Waals surface area contributed by atoms with Crippen LogP contribution in [0, 0.1) is 34.5 Å². The Balaban J connectivity index is 1.69. The molecule has 23 heavy (non-hydrogen) atoms. The van der Waals surface area contributed by atoms with Gasteiger partial charge in [0.05, 0.1) is 12.2 Å². The predicted octanol–water partition coefficient (Wildman–Crippen LogP) is 1.90. The second kappa shape index (κ2) is 5.03. The van der Waals surface area contributed by atoms with Gasteiger partial charge in [0.25, 0.3) is 0 Å². The monoisotopic (exact) mass is 322 g/mol. The van der Waals surface area contributed by atoms with Crippen LogP contribution in [0.15, 0.2) is 0 Å². The highest BCUT2D eigenvalue weighted by Crippen LogP contribution is 2.65. The van der Waals surface area contributed by atoms with Crippen molar-refractivity contribution in [1.29, 1.82) is 0 Å². The number of hydrogen-bond acceptors (Lipinski definition) is 4. The zero-order valence-electron chi connectivity index (χ0n) is 14.2. The molecule has 0 spiro atoms. The zero-order valence-corrected chi connectivity index (χ0v) is 14.2. The lowest BCUT2D eigenvalue weighted by molar-refractivity contribution is -0.177. The van der Waals surface area contributed by atoms with Gasteiger partial charge in [-0.05, 0) is 67.6 Å². The first-order chi connectivity index (χ1) is 10.8. The standard InChI is InChI=1S/C19H30O4/c1-18-5-3-11(20)7-10(18)8-14(21)16-12(18)4-6-19(2)13(16)9-15(22)17(19)23/h10-14,16-17,20-21,23H,3-9H2,1-2H3/t10?,11?,12-,13+,14?,16-,17?,18+,19+/m1/s1. The van der Waals surface area contributed by atoms with Crippen LogP contribution in [0.2, 0.25) is 0 Å². The lowest BCUT2D eigenvalue weighted by Gasteiger charge is -2.61. The van der Waals surface area contributed by atoms with E-state index in [0.29, 0.717) is 18.3 Å². The molecule has 0 aromatic rings. The average molecular weight is 322 g/mol. The lowest BCUT2D eigenvalue weighted by Crippen LogP contribution is -2.58. The quantitative estimate of drug-likeness (QED) is 0.636. The fourth-order valence-corrected chi connectivity index (χ4v) is 6.97. The Morgan fingerprint density at radius 3 is 2.39 bits per heavy atom. The number of fused-ring (bicyclic) bond motifs is 5. The Hall–Kier alpha value is -0.450. The van der Waals surface area contributed by atoms with Crippen LogP contribution in [0.1, 0.15) is 58.8 Å². The van der Waals surface area contributed by atoms with E-state index >= 15 is 0 Å². The van der Waals surface area contributed by atoms with Gasteiger partial charge in [0, 0.05) is 11.8 Å². The van der Waals surface area contributed by atoms with E-state index < -0.39 is 12.2 Å². The maximum atomic E-state index is 12.2. The maximum absolute atomic E-state index is 12.2. The number of hydrogen-bond donors (Lipinski definition) is 3. The zero-order chi connectivity index (χ0) is 16.6. The number of aliphatic hydroxyl groups excluding tert-OH is 3. The Labute approximate surface area is 138 Å². The number of aliphatic hydroxyl groups is 3. The van der Waals surface area contributed by atoms with Crippen molar-refractivity contribution in [3.63, 3.8) is 0 Å². The summed E-state index contributed by atoms with van der Waals surface area (Å²) >= 11 is 0. The van der Waals surface area contributed by atoms with E-state index in [1.54, 1.807) is 0 Å². The van der Waals surface area contributed by atoms with Crippen molar-refractivity contribution in [2.24, 2.45) is 34.5 Å². The van der Waals surface area contributed by atoms with Gasteiger partial charge in [0.15, 0.2) is 5.78 Å². The van der Waals surface area contributed by atoms with Crippen LogP contribution in [0.5, 0.6) is 0 Å². The molecule has 0 saturated heterocycles. The lowest BCUT2D eigenvalue weighted by atomic mass is 9.44. The van der Waals surface area contributed by atoms with Crippen molar-refractivity contribution in [2.75, 3.05) is 0 Å². The summed E-state index contributed by atoms with van der Waals surface area (Å²) < 4.78 is 0. The summed E-state index contributed by atoms with van der Waals surface area (Å²) in [5.41, 5.74) is -0.183. The molecule has 4 rings (SSSR count). The second-order valence-corrected chi connectivity index (χ2v) is 9.34. The Bertz CT molecular complexity index is 519. The summed E-state index contributed by atoms with van der Waals surface area (Å²) in [7, 11) is 0. The molecule has 9 atom stereocenters. The molecule has 0 amide bonds. The molecule has 130 valence electrons. The highest BCUT2D eigenvalue weighted by molar-refractivity contribution is 5.86. The van der Waals surface area contributed by atoms with Gasteiger partial charge in [-0.15, -0.1) is 0 Å². The van der Waals surface area contributed by atoms with Crippen molar-refractivity contribution < 1.29 is 20.1 Å². The normalized spacial score (nSPS) is 59.2. The van der Waals surface area contributed by atoms with E-state index in [9.17, 15) is 20.1 Å². The first-order valence-corrected chi connectivity index (χ1v) is 9.34. The SMILES string of the molecule is C[C@]12CCC(O)CC1CC(O)[C@@H]1[C@H]2CC[C@]2(C)C(O)C(=O)C[C@@H]12. The Kier molecular flexibility index (Phi) is 3.51. The minimum Gasteiger partial charge on any atom is -0.393 e. The molecule has 0 aromatic heterocycles. The van der Waals surface area contributed by atoms with E-state index in [0.717, 1.165) is 38.5 Å². The van der Waals surface area contributed by atoms with Crippen LogP contribution in [0.4, 0.5) is 0 Å². The number of Topliss-reactive ketones (excluding diaryl/α,β-unsaturated/α-hetero) is 1. The van der Waals surface area contributed by atoms with E-state index in [2.05, 4.69) is 13.8 Å². The molecule has 4 saturated carbocycles. The molecular weight excluding hydrogens is 292 g/mol. The molecule has 4 aliphatic rings. The summed E-state index contributed by atoms with van der Waals surface area (Å²) in [6, 6.07) is 0. The molecule has 4 unspecified atom stereocenters.